The molecule has 1 atom stereocenters. The lowest BCUT2D eigenvalue weighted by atomic mass is 10.2. The summed E-state index contributed by atoms with van der Waals surface area (Å²) in [6.07, 6.45) is 0.495. The van der Waals surface area contributed by atoms with Crippen LogP contribution in [0.2, 0.25) is 10.0 Å². The smallest absolute Gasteiger partial charge is 0.264 e. The molecule has 1 aliphatic rings. The summed E-state index contributed by atoms with van der Waals surface area (Å²) in [5.41, 5.74) is 1.72. The van der Waals surface area contributed by atoms with Gasteiger partial charge in [0, 0.05) is 28.0 Å². The highest BCUT2D eigenvalue weighted by atomic mass is 35.5. The Morgan fingerprint density at radius 1 is 1.33 bits per heavy atom. The van der Waals surface area contributed by atoms with E-state index in [0.717, 1.165) is 21.5 Å². The van der Waals surface area contributed by atoms with Crippen LogP contribution in [-0.4, -0.2) is 53.1 Å². The first-order valence-electron chi connectivity index (χ1n) is 9.61. The van der Waals surface area contributed by atoms with Gasteiger partial charge in [-0.05, 0) is 44.0 Å². The molecule has 1 amide bonds. The monoisotopic (exact) mass is 485 g/mol. The molecule has 0 saturated carbocycles. The fourth-order valence-electron chi connectivity index (χ4n) is 3.87. The summed E-state index contributed by atoms with van der Waals surface area (Å²) in [7, 11) is -3.06. The number of thiophene rings is 1. The van der Waals surface area contributed by atoms with Gasteiger partial charge in [-0.1, -0.05) is 29.3 Å². The molecule has 0 N–H and O–H groups in total. The molecule has 1 unspecified atom stereocenters. The van der Waals surface area contributed by atoms with Crippen LogP contribution >= 0.6 is 34.5 Å². The third-order valence-electron chi connectivity index (χ3n) is 5.40. The molecule has 1 aromatic carbocycles. The Bertz CT molecular complexity index is 1230. The van der Waals surface area contributed by atoms with E-state index >= 15 is 0 Å². The van der Waals surface area contributed by atoms with Crippen LogP contribution in [0.4, 0.5) is 0 Å². The van der Waals surface area contributed by atoms with Gasteiger partial charge in [-0.3, -0.25) is 9.48 Å². The molecular formula is C20H21Cl2N3O3S2. The summed E-state index contributed by atoms with van der Waals surface area (Å²) in [4.78, 5) is 16.3. The van der Waals surface area contributed by atoms with Gasteiger partial charge >= 0.3 is 0 Å². The lowest BCUT2D eigenvalue weighted by Crippen LogP contribution is -2.40. The molecule has 1 fully saturated rings. The molecule has 0 spiro atoms. The number of aryl methyl sites for hydroxylation is 1. The van der Waals surface area contributed by atoms with Gasteiger partial charge in [0.2, 0.25) is 0 Å². The van der Waals surface area contributed by atoms with Crippen molar-refractivity contribution in [3.8, 4) is 0 Å². The Labute approximate surface area is 189 Å². The minimum atomic E-state index is -3.06. The average Bonchev–Trinajstić information content (AvgIpc) is 3.34. The number of benzene rings is 1. The highest BCUT2D eigenvalue weighted by Gasteiger charge is 2.35. The van der Waals surface area contributed by atoms with Crippen LogP contribution in [0.1, 0.15) is 34.3 Å². The summed E-state index contributed by atoms with van der Waals surface area (Å²) in [5.74, 6) is 0.0552. The zero-order chi connectivity index (χ0) is 21.6. The fourth-order valence-corrected chi connectivity index (χ4v) is 7.18. The van der Waals surface area contributed by atoms with Crippen molar-refractivity contribution in [1.29, 1.82) is 0 Å². The Hall–Kier alpha value is -1.61. The maximum Gasteiger partial charge on any atom is 0.264 e. The SMILES string of the molecule is CCN(C(=O)c1cc2c(C)nn(Cc3ccc(Cl)cc3Cl)c2s1)C1CCS(=O)(=O)C1. The van der Waals surface area contributed by atoms with Crippen molar-refractivity contribution in [2.75, 3.05) is 18.1 Å². The van der Waals surface area contributed by atoms with Crippen LogP contribution in [0.3, 0.4) is 0 Å². The number of hydrogen-bond acceptors (Lipinski definition) is 5. The second kappa shape index (κ2) is 8.15. The standard InChI is InChI=1S/C20H21Cl2N3O3S2/c1-3-24(15-6-7-30(27,28)11-15)19(26)18-9-16-12(2)23-25(20(16)29-18)10-13-4-5-14(21)8-17(13)22/h4-5,8-9,15H,3,6-7,10-11H2,1-2H3. The number of halogens is 2. The van der Waals surface area contributed by atoms with Gasteiger partial charge in [0.15, 0.2) is 9.84 Å². The first-order valence-corrected chi connectivity index (χ1v) is 13.0. The number of fused-ring (bicyclic) bond motifs is 1. The number of sulfone groups is 1. The van der Waals surface area contributed by atoms with E-state index in [9.17, 15) is 13.2 Å². The summed E-state index contributed by atoms with van der Waals surface area (Å²) in [6.45, 7) is 4.72. The topological polar surface area (TPSA) is 72.3 Å². The van der Waals surface area contributed by atoms with Gasteiger partial charge in [0.25, 0.3) is 5.91 Å². The molecule has 3 heterocycles. The summed E-state index contributed by atoms with van der Waals surface area (Å²) >= 11 is 13.7. The lowest BCUT2D eigenvalue weighted by Gasteiger charge is -2.26. The van der Waals surface area contributed by atoms with Crippen LogP contribution < -0.4 is 0 Å². The number of amides is 1. The van der Waals surface area contributed by atoms with E-state index < -0.39 is 9.84 Å². The fraction of sp³-hybridized carbons (Fsp3) is 0.400. The van der Waals surface area contributed by atoms with Crippen molar-refractivity contribution in [2.24, 2.45) is 0 Å². The quantitative estimate of drug-likeness (QED) is 0.536. The molecule has 0 aliphatic carbocycles. The normalized spacial score (nSPS) is 18.2. The van der Waals surface area contributed by atoms with Gasteiger partial charge in [0.05, 0.1) is 28.6 Å². The first kappa shape index (κ1) is 21.6. The van der Waals surface area contributed by atoms with Crippen LogP contribution in [0, 0.1) is 6.92 Å². The van der Waals surface area contributed by atoms with Gasteiger partial charge < -0.3 is 4.90 Å². The molecule has 0 bridgehead atoms. The van der Waals surface area contributed by atoms with Crippen molar-refractivity contribution in [1.82, 2.24) is 14.7 Å². The second-order valence-electron chi connectivity index (χ2n) is 7.46. The molecule has 30 heavy (non-hydrogen) atoms. The Kier molecular flexibility index (Phi) is 5.87. The average molecular weight is 486 g/mol. The summed E-state index contributed by atoms with van der Waals surface area (Å²) in [6, 6.07) is 6.95. The van der Waals surface area contributed by atoms with E-state index in [-0.39, 0.29) is 23.5 Å². The molecule has 4 rings (SSSR count). The number of nitrogens with zero attached hydrogens (tertiary/aromatic N) is 3. The number of aromatic nitrogens is 2. The highest BCUT2D eigenvalue weighted by molar-refractivity contribution is 7.91. The molecule has 2 aromatic heterocycles. The van der Waals surface area contributed by atoms with E-state index in [0.29, 0.717) is 34.4 Å². The maximum atomic E-state index is 13.2. The van der Waals surface area contributed by atoms with E-state index in [4.69, 9.17) is 23.2 Å². The van der Waals surface area contributed by atoms with Crippen molar-refractivity contribution >= 4 is 60.5 Å². The first-order chi connectivity index (χ1) is 14.2. The van der Waals surface area contributed by atoms with Crippen LogP contribution in [0.5, 0.6) is 0 Å². The largest absolute Gasteiger partial charge is 0.334 e. The van der Waals surface area contributed by atoms with Crippen LogP contribution in [0.15, 0.2) is 24.3 Å². The lowest BCUT2D eigenvalue weighted by molar-refractivity contribution is 0.0713. The number of rotatable bonds is 5. The number of carbonyl (C=O) groups is 1. The molecule has 160 valence electrons. The van der Waals surface area contributed by atoms with Crippen LogP contribution in [0.25, 0.3) is 10.2 Å². The Morgan fingerprint density at radius 2 is 2.10 bits per heavy atom. The predicted molar refractivity (Wildman–Crippen MR) is 122 cm³/mol. The third-order valence-corrected chi connectivity index (χ3v) is 8.88. The Balaban J connectivity index is 1.65. The van der Waals surface area contributed by atoms with Gasteiger partial charge in [0.1, 0.15) is 4.83 Å². The molecule has 0 radical (unpaired) electrons. The second-order valence-corrected chi connectivity index (χ2v) is 11.6. The van der Waals surface area contributed by atoms with E-state index in [1.807, 2.05) is 30.7 Å². The zero-order valence-corrected chi connectivity index (χ0v) is 19.7. The van der Waals surface area contributed by atoms with E-state index in [1.54, 1.807) is 17.0 Å². The van der Waals surface area contributed by atoms with Crippen LogP contribution in [-0.2, 0) is 16.4 Å². The Morgan fingerprint density at radius 3 is 2.73 bits per heavy atom. The predicted octanol–water partition coefficient (Wildman–Crippen LogP) is 4.41. The van der Waals surface area contributed by atoms with Gasteiger partial charge in [-0.2, -0.15) is 5.10 Å². The van der Waals surface area contributed by atoms with Gasteiger partial charge in [-0.25, -0.2) is 8.42 Å². The van der Waals surface area contributed by atoms with Crippen molar-refractivity contribution in [3.05, 3.63) is 50.4 Å². The molecule has 10 heteroatoms. The van der Waals surface area contributed by atoms with Crippen molar-refractivity contribution < 1.29 is 13.2 Å². The number of hydrogen-bond donors (Lipinski definition) is 0. The highest BCUT2D eigenvalue weighted by Crippen LogP contribution is 2.32. The molecule has 1 aliphatic heterocycles. The molecule has 6 nitrogen and oxygen atoms in total. The summed E-state index contributed by atoms with van der Waals surface area (Å²) < 4.78 is 25.6. The maximum absolute atomic E-state index is 13.2. The minimum Gasteiger partial charge on any atom is -0.334 e. The minimum absolute atomic E-state index is 0.0410. The molecule has 1 saturated heterocycles. The number of carbonyl (C=O) groups excluding carboxylic acids is 1. The van der Waals surface area contributed by atoms with Crippen molar-refractivity contribution in [3.63, 3.8) is 0 Å². The zero-order valence-electron chi connectivity index (χ0n) is 16.6. The van der Waals surface area contributed by atoms with E-state index in [1.165, 1.54) is 11.3 Å². The van der Waals surface area contributed by atoms with Gasteiger partial charge in [-0.15, -0.1) is 11.3 Å². The summed E-state index contributed by atoms with van der Waals surface area (Å²) in [5, 5.41) is 6.66. The van der Waals surface area contributed by atoms with E-state index in [2.05, 4.69) is 5.10 Å². The van der Waals surface area contributed by atoms with Crippen molar-refractivity contribution in [2.45, 2.75) is 32.9 Å². The molecular weight excluding hydrogens is 465 g/mol. The third kappa shape index (κ3) is 4.10. The molecule has 3 aromatic rings.